The quantitative estimate of drug-likeness (QED) is 0.803. The summed E-state index contributed by atoms with van der Waals surface area (Å²) in [5.74, 6) is 0.0885. The van der Waals surface area contributed by atoms with Crippen molar-refractivity contribution in [2.24, 2.45) is 7.05 Å². The largest absolute Gasteiger partial charge is 0.294 e. The normalized spacial score (nSPS) is 10.6. The third-order valence-corrected chi connectivity index (χ3v) is 4.00. The predicted molar refractivity (Wildman–Crippen MR) is 75.0 cm³/mol. The maximum atomic E-state index is 12.0. The first-order chi connectivity index (χ1) is 8.58. The molecule has 3 nitrogen and oxygen atoms in total. The van der Waals surface area contributed by atoms with Gasteiger partial charge in [0, 0.05) is 35.4 Å². The smallest absolute Gasteiger partial charge is 0.163 e. The number of aryl methyl sites for hydroxylation is 2. The van der Waals surface area contributed by atoms with Crippen molar-refractivity contribution in [2.45, 2.75) is 12.8 Å². The molecule has 0 unspecified atom stereocenters. The highest BCUT2D eigenvalue weighted by atomic mass is 79.9. The first-order valence-corrected chi connectivity index (χ1v) is 6.70. The summed E-state index contributed by atoms with van der Waals surface area (Å²) >= 11 is 9.27. The van der Waals surface area contributed by atoms with Gasteiger partial charge in [-0.25, -0.2) is 0 Å². The van der Waals surface area contributed by atoms with Crippen LogP contribution in [-0.2, 0) is 13.5 Å². The second-order valence-corrected chi connectivity index (χ2v) is 5.26. The number of ketones is 1. The highest BCUT2D eigenvalue weighted by Crippen LogP contribution is 2.23. The minimum atomic E-state index is 0.0885. The summed E-state index contributed by atoms with van der Waals surface area (Å²) in [5, 5.41) is 4.63. The molecule has 0 spiro atoms. The Balaban J connectivity index is 2.04. The Bertz CT molecular complexity index is 580. The zero-order valence-corrected chi connectivity index (χ0v) is 12.2. The Morgan fingerprint density at radius 1 is 1.44 bits per heavy atom. The van der Waals surface area contributed by atoms with Crippen molar-refractivity contribution in [2.75, 3.05) is 0 Å². The van der Waals surface area contributed by atoms with Crippen molar-refractivity contribution in [3.05, 3.63) is 51.2 Å². The van der Waals surface area contributed by atoms with Gasteiger partial charge in [0.1, 0.15) is 0 Å². The van der Waals surface area contributed by atoms with Crippen molar-refractivity contribution in [3.8, 4) is 0 Å². The molecule has 2 aromatic rings. The molecule has 0 fully saturated rings. The van der Waals surface area contributed by atoms with Crippen molar-refractivity contribution >= 4 is 33.3 Å². The van der Waals surface area contributed by atoms with Gasteiger partial charge >= 0.3 is 0 Å². The maximum Gasteiger partial charge on any atom is 0.163 e. The molecular formula is C13H12BrClN2O. The Hall–Kier alpha value is -1.13. The average molecular weight is 328 g/mol. The molecule has 0 bridgehead atoms. The van der Waals surface area contributed by atoms with Crippen LogP contribution in [0, 0.1) is 0 Å². The van der Waals surface area contributed by atoms with Gasteiger partial charge in [0.05, 0.1) is 5.02 Å². The van der Waals surface area contributed by atoms with E-state index in [0.717, 1.165) is 10.2 Å². The van der Waals surface area contributed by atoms with Crippen LogP contribution in [0.4, 0.5) is 0 Å². The van der Waals surface area contributed by atoms with Crippen LogP contribution in [0.2, 0.25) is 5.02 Å². The summed E-state index contributed by atoms with van der Waals surface area (Å²) in [6, 6.07) is 7.18. The van der Waals surface area contributed by atoms with Crippen LogP contribution in [-0.4, -0.2) is 15.6 Å². The number of aromatic nitrogens is 2. The summed E-state index contributed by atoms with van der Waals surface area (Å²) in [4.78, 5) is 12.0. The summed E-state index contributed by atoms with van der Waals surface area (Å²) < 4.78 is 2.58. The SMILES string of the molecule is Cn1nccc1CCC(=O)c1ccc(Br)c(Cl)c1. The van der Waals surface area contributed by atoms with Crippen LogP contribution in [0.25, 0.3) is 0 Å². The van der Waals surface area contributed by atoms with E-state index in [-0.39, 0.29) is 5.78 Å². The molecule has 2 rings (SSSR count). The van der Waals surface area contributed by atoms with Gasteiger partial charge in [-0.1, -0.05) is 17.7 Å². The summed E-state index contributed by atoms with van der Waals surface area (Å²) in [6.45, 7) is 0. The number of hydrogen-bond acceptors (Lipinski definition) is 2. The van der Waals surface area contributed by atoms with Crippen molar-refractivity contribution in [3.63, 3.8) is 0 Å². The molecule has 0 saturated heterocycles. The third-order valence-electron chi connectivity index (χ3n) is 2.77. The van der Waals surface area contributed by atoms with E-state index in [0.29, 0.717) is 23.4 Å². The van der Waals surface area contributed by atoms with E-state index in [4.69, 9.17) is 11.6 Å². The fraction of sp³-hybridized carbons (Fsp3) is 0.231. The number of carbonyl (C=O) groups excluding carboxylic acids is 1. The minimum absolute atomic E-state index is 0.0885. The number of benzene rings is 1. The first-order valence-electron chi connectivity index (χ1n) is 5.53. The van der Waals surface area contributed by atoms with Crippen molar-refractivity contribution in [1.29, 1.82) is 0 Å². The number of rotatable bonds is 4. The van der Waals surface area contributed by atoms with Crippen LogP contribution in [0.1, 0.15) is 22.5 Å². The van der Waals surface area contributed by atoms with Gasteiger partial charge < -0.3 is 0 Å². The molecule has 0 amide bonds. The number of nitrogens with zero attached hydrogens (tertiary/aromatic N) is 2. The first kappa shape index (κ1) is 13.3. The Kier molecular flexibility index (Phi) is 4.19. The molecule has 0 aliphatic rings. The fourth-order valence-corrected chi connectivity index (χ4v) is 2.13. The highest BCUT2D eigenvalue weighted by molar-refractivity contribution is 9.10. The lowest BCUT2D eigenvalue weighted by molar-refractivity contribution is 0.0982. The number of halogens is 2. The molecule has 0 radical (unpaired) electrons. The molecule has 1 aromatic heterocycles. The molecule has 1 heterocycles. The Morgan fingerprint density at radius 2 is 2.22 bits per heavy atom. The number of carbonyl (C=O) groups is 1. The van der Waals surface area contributed by atoms with Crippen LogP contribution in [0.15, 0.2) is 34.9 Å². The lowest BCUT2D eigenvalue weighted by atomic mass is 10.1. The topological polar surface area (TPSA) is 34.9 Å². The van der Waals surface area contributed by atoms with E-state index in [9.17, 15) is 4.79 Å². The molecule has 1 aromatic carbocycles. The average Bonchev–Trinajstić information content (AvgIpc) is 2.75. The highest BCUT2D eigenvalue weighted by Gasteiger charge is 2.09. The Morgan fingerprint density at radius 3 is 2.83 bits per heavy atom. The van der Waals surface area contributed by atoms with Gasteiger partial charge in [0.2, 0.25) is 0 Å². The Labute approximate surface area is 119 Å². The molecule has 5 heteroatoms. The van der Waals surface area contributed by atoms with Gasteiger partial charge in [-0.3, -0.25) is 9.48 Å². The molecule has 0 aliphatic heterocycles. The minimum Gasteiger partial charge on any atom is -0.294 e. The third kappa shape index (κ3) is 3.00. The molecule has 0 saturated carbocycles. The van der Waals surface area contributed by atoms with Gasteiger partial charge in [-0.05, 0) is 40.5 Å². The second kappa shape index (κ2) is 5.67. The van der Waals surface area contributed by atoms with Gasteiger partial charge in [0.15, 0.2) is 5.78 Å². The molecule has 94 valence electrons. The van der Waals surface area contributed by atoms with E-state index in [2.05, 4.69) is 21.0 Å². The monoisotopic (exact) mass is 326 g/mol. The van der Waals surface area contributed by atoms with E-state index in [1.807, 2.05) is 13.1 Å². The number of hydrogen-bond donors (Lipinski definition) is 0. The summed E-state index contributed by atoms with van der Waals surface area (Å²) in [6.07, 6.45) is 2.87. The molecule has 18 heavy (non-hydrogen) atoms. The van der Waals surface area contributed by atoms with E-state index < -0.39 is 0 Å². The fourth-order valence-electron chi connectivity index (χ4n) is 1.70. The summed E-state index contributed by atoms with van der Waals surface area (Å²) in [5.41, 5.74) is 1.69. The zero-order valence-electron chi connectivity index (χ0n) is 9.86. The lowest BCUT2D eigenvalue weighted by Crippen LogP contribution is -2.04. The van der Waals surface area contributed by atoms with E-state index in [1.54, 1.807) is 29.1 Å². The van der Waals surface area contributed by atoms with E-state index >= 15 is 0 Å². The van der Waals surface area contributed by atoms with Crippen molar-refractivity contribution in [1.82, 2.24) is 9.78 Å². The van der Waals surface area contributed by atoms with Gasteiger partial charge in [-0.15, -0.1) is 0 Å². The number of Topliss-reactive ketones (excluding diaryl/α,β-unsaturated/α-hetero) is 1. The zero-order chi connectivity index (χ0) is 13.1. The van der Waals surface area contributed by atoms with Gasteiger partial charge in [0.25, 0.3) is 0 Å². The van der Waals surface area contributed by atoms with Crippen LogP contribution in [0.3, 0.4) is 0 Å². The van der Waals surface area contributed by atoms with Crippen LogP contribution >= 0.6 is 27.5 Å². The van der Waals surface area contributed by atoms with E-state index in [1.165, 1.54) is 0 Å². The van der Waals surface area contributed by atoms with Crippen LogP contribution < -0.4 is 0 Å². The van der Waals surface area contributed by atoms with Crippen LogP contribution in [0.5, 0.6) is 0 Å². The standard InChI is InChI=1S/C13H12BrClN2O/c1-17-10(6-7-16-17)3-5-13(18)9-2-4-11(14)12(15)8-9/h2,4,6-8H,3,5H2,1H3. The molecule has 0 aliphatic carbocycles. The lowest BCUT2D eigenvalue weighted by Gasteiger charge is -2.03. The van der Waals surface area contributed by atoms with Gasteiger partial charge in [-0.2, -0.15) is 5.10 Å². The molecule has 0 atom stereocenters. The summed E-state index contributed by atoms with van der Waals surface area (Å²) in [7, 11) is 1.87. The molecular weight excluding hydrogens is 316 g/mol. The predicted octanol–water partition coefficient (Wildman–Crippen LogP) is 3.65. The maximum absolute atomic E-state index is 12.0. The second-order valence-electron chi connectivity index (χ2n) is 4.00. The molecule has 0 N–H and O–H groups in total. The van der Waals surface area contributed by atoms with Crippen molar-refractivity contribution < 1.29 is 4.79 Å².